The fraction of sp³-hybridized carbons (Fsp3) is 0.214. The van der Waals surface area contributed by atoms with Crippen LogP contribution in [0, 0.1) is 0 Å². The van der Waals surface area contributed by atoms with Crippen molar-refractivity contribution in [3.63, 3.8) is 0 Å². The van der Waals surface area contributed by atoms with E-state index < -0.39 is 5.91 Å². The van der Waals surface area contributed by atoms with Gasteiger partial charge in [0.2, 0.25) is 5.91 Å². The van der Waals surface area contributed by atoms with E-state index in [0.717, 1.165) is 16.8 Å². The highest BCUT2D eigenvalue weighted by Gasteiger charge is 2.09. The molecule has 3 rings (SSSR count). The SMILES string of the molecule is CC(Nc1cnn(CC(N)=O)c1)c1cnc2ccsc2c1. The first-order valence-electron chi connectivity index (χ1n) is 6.52. The maximum absolute atomic E-state index is 10.9. The predicted molar refractivity (Wildman–Crippen MR) is 83.1 cm³/mol. The summed E-state index contributed by atoms with van der Waals surface area (Å²) >= 11 is 1.68. The van der Waals surface area contributed by atoms with Crippen LogP contribution in [0.2, 0.25) is 0 Å². The fourth-order valence-corrected chi connectivity index (χ4v) is 2.91. The molecule has 0 aliphatic heterocycles. The average Bonchev–Trinajstić information content (AvgIpc) is 3.06. The summed E-state index contributed by atoms with van der Waals surface area (Å²) in [6.07, 6.45) is 5.31. The van der Waals surface area contributed by atoms with Gasteiger partial charge in [-0.25, -0.2) is 0 Å². The zero-order valence-corrected chi connectivity index (χ0v) is 12.3. The largest absolute Gasteiger partial charge is 0.376 e. The summed E-state index contributed by atoms with van der Waals surface area (Å²) in [5.74, 6) is -0.412. The number of thiophene rings is 1. The van der Waals surface area contributed by atoms with Crippen LogP contribution in [-0.4, -0.2) is 20.7 Å². The highest BCUT2D eigenvalue weighted by atomic mass is 32.1. The molecule has 1 atom stereocenters. The minimum absolute atomic E-state index is 0.0821. The standard InChI is InChI=1S/C14H15N5OS/c1-9(10-4-13-12(16-5-10)2-3-21-13)18-11-6-17-19(7-11)8-14(15)20/h2-7,9,18H,8H2,1H3,(H2,15,20). The Hall–Kier alpha value is -2.41. The van der Waals surface area contributed by atoms with E-state index in [1.54, 1.807) is 23.7 Å². The molecule has 3 aromatic rings. The summed E-state index contributed by atoms with van der Waals surface area (Å²) in [7, 11) is 0. The molecule has 0 bridgehead atoms. The number of nitrogens with two attached hydrogens (primary N) is 1. The third-order valence-corrected chi connectivity index (χ3v) is 4.01. The Kier molecular flexibility index (Phi) is 3.57. The van der Waals surface area contributed by atoms with E-state index in [-0.39, 0.29) is 12.6 Å². The molecule has 0 saturated heterocycles. The van der Waals surface area contributed by atoms with Gasteiger partial charge in [0.15, 0.2) is 0 Å². The molecule has 0 spiro atoms. The van der Waals surface area contributed by atoms with E-state index in [1.165, 1.54) is 9.38 Å². The van der Waals surface area contributed by atoms with E-state index in [1.807, 2.05) is 17.6 Å². The highest BCUT2D eigenvalue weighted by molar-refractivity contribution is 7.17. The molecule has 0 radical (unpaired) electrons. The van der Waals surface area contributed by atoms with Crippen molar-refractivity contribution in [1.82, 2.24) is 14.8 Å². The number of aromatic nitrogens is 3. The van der Waals surface area contributed by atoms with Gasteiger partial charge in [-0.1, -0.05) is 0 Å². The van der Waals surface area contributed by atoms with Crippen LogP contribution >= 0.6 is 11.3 Å². The monoisotopic (exact) mass is 301 g/mol. The van der Waals surface area contributed by atoms with Gasteiger partial charge in [0.25, 0.3) is 0 Å². The summed E-state index contributed by atoms with van der Waals surface area (Å²) in [5, 5.41) is 9.46. The van der Waals surface area contributed by atoms with Crippen LogP contribution in [0.5, 0.6) is 0 Å². The van der Waals surface area contributed by atoms with Gasteiger partial charge >= 0.3 is 0 Å². The first-order chi connectivity index (χ1) is 10.1. The second kappa shape index (κ2) is 5.53. The molecule has 3 N–H and O–H groups in total. The summed E-state index contributed by atoms with van der Waals surface area (Å²) in [6, 6.07) is 4.24. The van der Waals surface area contributed by atoms with Crippen LogP contribution in [0.4, 0.5) is 5.69 Å². The van der Waals surface area contributed by atoms with Gasteiger partial charge in [0.05, 0.1) is 28.1 Å². The van der Waals surface area contributed by atoms with E-state index in [0.29, 0.717) is 0 Å². The molecule has 0 fully saturated rings. The highest BCUT2D eigenvalue weighted by Crippen LogP contribution is 2.24. The Morgan fingerprint density at radius 3 is 3.19 bits per heavy atom. The van der Waals surface area contributed by atoms with Gasteiger partial charge in [0.1, 0.15) is 6.54 Å². The molecule has 1 unspecified atom stereocenters. The molecule has 0 saturated carbocycles. The maximum atomic E-state index is 10.9. The van der Waals surface area contributed by atoms with Crippen LogP contribution in [0.25, 0.3) is 10.2 Å². The van der Waals surface area contributed by atoms with Gasteiger partial charge in [-0.15, -0.1) is 11.3 Å². The van der Waals surface area contributed by atoms with Crippen molar-refractivity contribution < 1.29 is 4.79 Å². The number of anilines is 1. The Balaban J connectivity index is 1.74. The topological polar surface area (TPSA) is 85.8 Å². The van der Waals surface area contributed by atoms with E-state index in [4.69, 9.17) is 5.73 Å². The molecule has 0 aromatic carbocycles. The molecular weight excluding hydrogens is 286 g/mol. The second-order valence-corrected chi connectivity index (χ2v) is 5.78. The first-order valence-corrected chi connectivity index (χ1v) is 7.40. The Morgan fingerprint density at radius 1 is 1.52 bits per heavy atom. The van der Waals surface area contributed by atoms with Crippen LogP contribution in [-0.2, 0) is 11.3 Å². The fourth-order valence-electron chi connectivity index (χ4n) is 2.12. The van der Waals surface area contributed by atoms with Crippen molar-refractivity contribution >= 4 is 33.1 Å². The minimum Gasteiger partial charge on any atom is -0.376 e. The number of rotatable bonds is 5. The van der Waals surface area contributed by atoms with Crippen molar-refractivity contribution in [3.8, 4) is 0 Å². The zero-order chi connectivity index (χ0) is 14.8. The molecule has 1 amide bonds. The van der Waals surface area contributed by atoms with Gasteiger partial charge < -0.3 is 11.1 Å². The Labute approximate surface area is 125 Å². The molecule has 21 heavy (non-hydrogen) atoms. The molecule has 3 heterocycles. The lowest BCUT2D eigenvalue weighted by Crippen LogP contribution is -2.18. The van der Waals surface area contributed by atoms with Crippen molar-refractivity contribution in [2.45, 2.75) is 19.5 Å². The van der Waals surface area contributed by atoms with Crippen molar-refractivity contribution in [2.75, 3.05) is 5.32 Å². The van der Waals surface area contributed by atoms with Gasteiger partial charge in [-0.2, -0.15) is 5.10 Å². The number of fused-ring (bicyclic) bond motifs is 1. The molecular formula is C14H15N5OS. The predicted octanol–water partition coefficient (Wildman–Crippen LogP) is 2.15. The molecule has 3 aromatic heterocycles. The number of hydrogen-bond donors (Lipinski definition) is 2. The molecule has 7 heteroatoms. The molecule has 0 aliphatic carbocycles. The normalized spacial score (nSPS) is 12.4. The van der Waals surface area contributed by atoms with Crippen molar-refractivity contribution in [3.05, 3.63) is 41.7 Å². The molecule has 6 nitrogen and oxygen atoms in total. The van der Waals surface area contributed by atoms with E-state index in [9.17, 15) is 4.79 Å². The van der Waals surface area contributed by atoms with Gasteiger partial charge in [0, 0.05) is 12.4 Å². The number of carbonyl (C=O) groups is 1. The second-order valence-electron chi connectivity index (χ2n) is 4.83. The molecule has 0 aliphatic rings. The van der Waals surface area contributed by atoms with Crippen molar-refractivity contribution in [1.29, 1.82) is 0 Å². The molecule has 108 valence electrons. The number of hydrogen-bond acceptors (Lipinski definition) is 5. The Bertz CT molecular complexity index is 778. The summed E-state index contributed by atoms with van der Waals surface area (Å²) < 4.78 is 2.68. The smallest absolute Gasteiger partial charge is 0.239 e. The quantitative estimate of drug-likeness (QED) is 0.756. The van der Waals surface area contributed by atoms with Gasteiger partial charge in [-0.3, -0.25) is 14.5 Å². The lowest BCUT2D eigenvalue weighted by Gasteiger charge is -2.13. The summed E-state index contributed by atoms with van der Waals surface area (Å²) in [6.45, 7) is 2.14. The first kappa shape index (κ1) is 13.6. The van der Waals surface area contributed by atoms with Gasteiger partial charge in [-0.05, 0) is 30.0 Å². The number of carbonyl (C=O) groups excluding carboxylic acids is 1. The Morgan fingerprint density at radius 2 is 2.38 bits per heavy atom. The maximum Gasteiger partial charge on any atom is 0.239 e. The van der Waals surface area contributed by atoms with Crippen LogP contribution in [0.3, 0.4) is 0 Å². The van der Waals surface area contributed by atoms with E-state index in [2.05, 4.69) is 28.4 Å². The average molecular weight is 301 g/mol. The van der Waals surface area contributed by atoms with Crippen LogP contribution in [0.1, 0.15) is 18.5 Å². The van der Waals surface area contributed by atoms with Crippen molar-refractivity contribution in [2.24, 2.45) is 5.73 Å². The number of amides is 1. The zero-order valence-electron chi connectivity index (χ0n) is 11.5. The van der Waals surface area contributed by atoms with E-state index >= 15 is 0 Å². The third-order valence-electron chi connectivity index (χ3n) is 3.16. The number of nitrogens with one attached hydrogen (secondary N) is 1. The van der Waals surface area contributed by atoms with Crippen LogP contribution < -0.4 is 11.1 Å². The number of nitrogens with zero attached hydrogens (tertiary/aromatic N) is 3. The van der Waals surface area contributed by atoms with Crippen LogP contribution in [0.15, 0.2) is 36.1 Å². The lowest BCUT2D eigenvalue weighted by molar-refractivity contribution is -0.118. The number of pyridine rings is 1. The summed E-state index contributed by atoms with van der Waals surface area (Å²) in [4.78, 5) is 15.3. The minimum atomic E-state index is -0.412. The lowest BCUT2D eigenvalue weighted by atomic mass is 10.1. The third kappa shape index (κ3) is 3.03. The number of primary amides is 1. The summed E-state index contributed by atoms with van der Waals surface area (Å²) in [5.41, 5.74) is 8.11.